The van der Waals surface area contributed by atoms with Gasteiger partial charge in [-0.2, -0.15) is 0 Å². The summed E-state index contributed by atoms with van der Waals surface area (Å²) in [6.07, 6.45) is 4.25. The Hall–Kier alpha value is -3.52. The Balaban J connectivity index is 1.91. The first-order valence-corrected chi connectivity index (χ1v) is 11.4. The molecule has 0 amide bonds. The predicted octanol–water partition coefficient (Wildman–Crippen LogP) is 6.94. The van der Waals surface area contributed by atoms with Gasteiger partial charge in [-0.3, -0.25) is 0 Å². The third kappa shape index (κ3) is 3.10. The molecule has 2 atom stereocenters. The normalized spacial score (nSPS) is 23.0. The Kier molecular flexibility index (Phi) is 5.22. The highest BCUT2D eigenvalue weighted by Crippen LogP contribution is 2.60. The van der Waals surface area contributed by atoms with Crippen molar-refractivity contribution in [2.24, 2.45) is 0 Å². The van der Waals surface area contributed by atoms with Crippen LogP contribution < -0.4 is 0 Å². The quantitative estimate of drug-likeness (QED) is 0.375. The zero-order chi connectivity index (χ0) is 22.0. The van der Waals surface area contributed by atoms with Crippen molar-refractivity contribution in [2.75, 3.05) is 0 Å². The first-order chi connectivity index (χ1) is 15.7. The molecule has 0 saturated heterocycles. The number of benzene rings is 4. The van der Waals surface area contributed by atoms with E-state index in [4.69, 9.17) is 0 Å². The summed E-state index contributed by atoms with van der Waals surface area (Å²) in [6, 6.07) is 37.2. The van der Waals surface area contributed by atoms with Crippen LogP contribution in [0.2, 0.25) is 0 Å². The van der Waals surface area contributed by atoms with Crippen LogP contribution in [-0.2, 0) is 10.8 Å². The predicted molar refractivity (Wildman–Crippen MR) is 129 cm³/mol. The smallest absolute Gasteiger partial charge is 0.115 e. The second-order valence-electron chi connectivity index (χ2n) is 8.84. The largest absolute Gasteiger partial charge is 0.508 e. The number of hydrogen-bond acceptors (Lipinski definition) is 2. The molecule has 4 aromatic carbocycles. The van der Waals surface area contributed by atoms with Crippen LogP contribution in [0.4, 0.5) is 0 Å². The lowest BCUT2D eigenvalue weighted by Gasteiger charge is -2.56. The van der Waals surface area contributed by atoms with Gasteiger partial charge in [-0.1, -0.05) is 97.8 Å². The number of rotatable bonds is 4. The molecule has 1 fully saturated rings. The molecule has 2 nitrogen and oxygen atoms in total. The van der Waals surface area contributed by atoms with Crippen LogP contribution >= 0.6 is 0 Å². The minimum Gasteiger partial charge on any atom is -0.508 e. The minimum absolute atomic E-state index is 0.280. The van der Waals surface area contributed by atoms with Crippen molar-refractivity contribution in [3.8, 4) is 11.5 Å². The second-order valence-corrected chi connectivity index (χ2v) is 8.84. The van der Waals surface area contributed by atoms with Gasteiger partial charge in [-0.15, -0.1) is 0 Å². The van der Waals surface area contributed by atoms with Crippen molar-refractivity contribution in [1.82, 2.24) is 0 Å². The maximum atomic E-state index is 10.1. The van der Waals surface area contributed by atoms with E-state index in [-0.39, 0.29) is 22.3 Å². The summed E-state index contributed by atoms with van der Waals surface area (Å²) in [4.78, 5) is 0. The first kappa shape index (κ1) is 20.4. The molecule has 1 aliphatic carbocycles. The van der Waals surface area contributed by atoms with Gasteiger partial charge in [-0.05, 0) is 59.4 Å². The van der Waals surface area contributed by atoms with Crippen LogP contribution in [0.25, 0.3) is 0 Å². The molecular formula is C30H28O2. The lowest BCUT2D eigenvalue weighted by atomic mass is 9.46. The summed E-state index contributed by atoms with van der Waals surface area (Å²) in [5, 5.41) is 20.2. The van der Waals surface area contributed by atoms with E-state index in [1.54, 1.807) is 24.3 Å². The molecular weight excluding hydrogens is 392 g/mol. The fourth-order valence-corrected chi connectivity index (χ4v) is 6.04. The van der Waals surface area contributed by atoms with Crippen LogP contribution in [-0.4, -0.2) is 10.2 Å². The molecule has 160 valence electrons. The van der Waals surface area contributed by atoms with Crippen molar-refractivity contribution in [1.29, 1.82) is 0 Å². The highest BCUT2D eigenvalue weighted by molar-refractivity contribution is 5.57. The van der Waals surface area contributed by atoms with E-state index in [1.807, 2.05) is 0 Å². The molecule has 0 aliphatic heterocycles. The Morgan fingerprint density at radius 3 is 1.06 bits per heavy atom. The van der Waals surface area contributed by atoms with Crippen molar-refractivity contribution in [2.45, 2.75) is 36.5 Å². The summed E-state index contributed by atoms with van der Waals surface area (Å²) in [5.74, 6) is 0.561. The summed E-state index contributed by atoms with van der Waals surface area (Å²) < 4.78 is 0. The standard InChI is InChI=1S/C30H28O2/c31-27-17-13-25(14-18-27)29(23-9-3-1-4-10-23)21-7-8-22-30(29,24-11-5-2-6-12-24)26-15-19-28(32)20-16-26/h1-6,9-20,31-32H,7-8,21-22H2. The van der Waals surface area contributed by atoms with Crippen LogP contribution in [0.3, 0.4) is 0 Å². The molecule has 4 aromatic rings. The SMILES string of the molecule is Oc1ccc(C2(c3ccccc3)CCCCC2(c2ccccc2)c2ccc(O)cc2)cc1. The van der Waals surface area contributed by atoms with E-state index in [2.05, 4.69) is 84.9 Å². The van der Waals surface area contributed by atoms with Crippen LogP contribution in [0.1, 0.15) is 47.9 Å². The van der Waals surface area contributed by atoms with Crippen molar-refractivity contribution >= 4 is 0 Å². The molecule has 0 spiro atoms. The Labute approximate surface area is 189 Å². The van der Waals surface area contributed by atoms with Gasteiger partial charge in [0, 0.05) is 10.8 Å². The molecule has 0 radical (unpaired) electrons. The highest BCUT2D eigenvalue weighted by Gasteiger charge is 2.56. The average Bonchev–Trinajstić information content (AvgIpc) is 2.86. The summed E-state index contributed by atoms with van der Waals surface area (Å²) >= 11 is 0. The molecule has 5 rings (SSSR count). The molecule has 1 saturated carbocycles. The first-order valence-electron chi connectivity index (χ1n) is 11.4. The number of hydrogen-bond donors (Lipinski definition) is 2. The highest BCUT2D eigenvalue weighted by atomic mass is 16.3. The Morgan fingerprint density at radius 1 is 0.406 bits per heavy atom. The van der Waals surface area contributed by atoms with E-state index in [9.17, 15) is 10.2 Å². The Morgan fingerprint density at radius 2 is 0.719 bits per heavy atom. The lowest BCUT2D eigenvalue weighted by molar-refractivity contribution is 0.213. The Bertz CT molecular complexity index is 1070. The van der Waals surface area contributed by atoms with Crippen LogP contribution in [0.15, 0.2) is 109 Å². The van der Waals surface area contributed by atoms with Gasteiger partial charge >= 0.3 is 0 Å². The third-order valence-electron chi connectivity index (χ3n) is 7.34. The second kappa shape index (κ2) is 8.20. The van der Waals surface area contributed by atoms with Gasteiger partial charge in [0.25, 0.3) is 0 Å². The van der Waals surface area contributed by atoms with Gasteiger partial charge < -0.3 is 10.2 Å². The maximum Gasteiger partial charge on any atom is 0.115 e. The van der Waals surface area contributed by atoms with Crippen molar-refractivity contribution in [3.63, 3.8) is 0 Å². The number of phenolic OH excluding ortho intramolecular Hbond substituents is 2. The molecule has 0 heterocycles. The van der Waals surface area contributed by atoms with E-state index in [0.29, 0.717) is 0 Å². The average molecular weight is 421 g/mol. The monoisotopic (exact) mass is 420 g/mol. The number of phenols is 2. The van der Waals surface area contributed by atoms with Gasteiger partial charge in [0.15, 0.2) is 0 Å². The molecule has 2 unspecified atom stereocenters. The molecule has 2 N–H and O–H groups in total. The summed E-state index contributed by atoms with van der Waals surface area (Å²) in [6.45, 7) is 0. The molecule has 32 heavy (non-hydrogen) atoms. The van der Waals surface area contributed by atoms with Gasteiger partial charge in [0.1, 0.15) is 11.5 Å². The lowest BCUT2D eigenvalue weighted by Crippen LogP contribution is -2.53. The van der Waals surface area contributed by atoms with Crippen LogP contribution in [0, 0.1) is 0 Å². The van der Waals surface area contributed by atoms with Crippen LogP contribution in [0.5, 0.6) is 11.5 Å². The van der Waals surface area contributed by atoms with E-state index in [0.717, 1.165) is 25.7 Å². The minimum atomic E-state index is -0.321. The topological polar surface area (TPSA) is 40.5 Å². The van der Waals surface area contributed by atoms with Gasteiger partial charge in [0.05, 0.1) is 0 Å². The summed E-state index contributed by atoms with van der Waals surface area (Å²) in [5.41, 5.74) is 4.33. The molecule has 2 heteroatoms. The van der Waals surface area contributed by atoms with Gasteiger partial charge in [-0.25, -0.2) is 0 Å². The third-order valence-corrected chi connectivity index (χ3v) is 7.34. The fraction of sp³-hybridized carbons (Fsp3) is 0.200. The zero-order valence-corrected chi connectivity index (χ0v) is 18.1. The van der Waals surface area contributed by atoms with E-state index < -0.39 is 0 Å². The maximum absolute atomic E-state index is 10.1. The fourth-order valence-electron chi connectivity index (χ4n) is 6.04. The molecule has 0 bridgehead atoms. The molecule has 0 aromatic heterocycles. The zero-order valence-electron chi connectivity index (χ0n) is 18.1. The number of aromatic hydroxyl groups is 2. The van der Waals surface area contributed by atoms with Crippen molar-refractivity contribution < 1.29 is 10.2 Å². The van der Waals surface area contributed by atoms with Crippen molar-refractivity contribution in [3.05, 3.63) is 131 Å². The van der Waals surface area contributed by atoms with E-state index >= 15 is 0 Å². The molecule has 1 aliphatic rings. The summed E-state index contributed by atoms with van der Waals surface area (Å²) in [7, 11) is 0. The van der Waals surface area contributed by atoms with E-state index in [1.165, 1.54) is 22.3 Å². The van der Waals surface area contributed by atoms with Gasteiger partial charge in [0.2, 0.25) is 0 Å².